The Labute approximate surface area is 219 Å². The van der Waals surface area contributed by atoms with E-state index in [1.54, 1.807) is 11.1 Å². The zero-order valence-corrected chi connectivity index (χ0v) is 23.1. The fourth-order valence-electron chi connectivity index (χ4n) is 4.64. The molecule has 0 N–H and O–H groups in total. The number of nitrogens with zero attached hydrogens (tertiary/aromatic N) is 4. The molecule has 0 bridgehead atoms. The van der Waals surface area contributed by atoms with Crippen molar-refractivity contribution in [3.05, 3.63) is 48.6 Å². The average Bonchev–Trinajstić information content (AvgIpc) is 3.56. The van der Waals surface area contributed by atoms with Crippen molar-refractivity contribution in [2.45, 2.75) is 116 Å². The lowest BCUT2D eigenvalue weighted by Gasteiger charge is -2.17. The van der Waals surface area contributed by atoms with Crippen molar-refractivity contribution in [2.24, 2.45) is 0 Å². The molecule has 2 aromatic rings. The summed E-state index contributed by atoms with van der Waals surface area (Å²) in [4.78, 5) is 8.49. The van der Waals surface area contributed by atoms with Crippen LogP contribution in [-0.2, 0) is 13.1 Å². The van der Waals surface area contributed by atoms with E-state index in [-0.39, 0.29) is 0 Å². The van der Waals surface area contributed by atoms with Crippen molar-refractivity contribution >= 4 is 25.3 Å². The van der Waals surface area contributed by atoms with Gasteiger partial charge in [0.05, 0.1) is 12.7 Å². The molecular formula is C28H48N4S2. The van der Waals surface area contributed by atoms with Crippen molar-refractivity contribution in [3.63, 3.8) is 0 Å². The molecule has 0 fully saturated rings. The molecule has 0 aliphatic rings. The summed E-state index contributed by atoms with van der Waals surface area (Å²) in [5.41, 5.74) is 3.42. The molecule has 0 unspecified atom stereocenters. The maximum absolute atomic E-state index is 4.34. The lowest BCUT2D eigenvalue weighted by atomic mass is 9.92. The van der Waals surface area contributed by atoms with Gasteiger partial charge >= 0.3 is 0 Å². The van der Waals surface area contributed by atoms with Gasteiger partial charge in [-0.05, 0) is 62.9 Å². The molecule has 0 aromatic carbocycles. The number of hydrogen-bond donors (Lipinski definition) is 2. The van der Waals surface area contributed by atoms with Gasteiger partial charge in [0.1, 0.15) is 0 Å². The van der Waals surface area contributed by atoms with Crippen LogP contribution in [0.2, 0.25) is 0 Å². The summed E-state index contributed by atoms with van der Waals surface area (Å²) in [5.74, 6) is 2.05. The van der Waals surface area contributed by atoms with Gasteiger partial charge in [-0.3, -0.25) is 0 Å². The quantitative estimate of drug-likeness (QED) is 0.0963. The van der Waals surface area contributed by atoms with Gasteiger partial charge in [0.25, 0.3) is 0 Å². The number of unbranched alkanes of at least 4 members (excludes halogenated alkanes) is 10. The van der Waals surface area contributed by atoms with E-state index in [4.69, 9.17) is 0 Å². The minimum absolute atomic E-state index is 1.02. The minimum atomic E-state index is 1.02. The van der Waals surface area contributed by atoms with Crippen LogP contribution in [0.3, 0.4) is 0 Å². The fourth-order valence-corrected chi connectivity index (χ4v) is 5.09. The number of allylic oxidation sites excluding steroid dienone is 2. The predicted molar refractivity (Wildman–Crippen MR) is 153 cm³/mol. The van der Waals surface area contributed by atoms with Gasteiger partial charge in [0.15, 0.2) is 0 Å². The molecule has 0 atom stereocenters. The number of thiol groups is 2. The Bertz CT molecular complexity index is 663. The molecule has 192 valence electrons. The minimum Gasteiger partial charge on any atom is -0.337 e. The Morgan fingerprint density at radius 1 is 0.500 bits per heavy atom. The molecule has 2 rings (SSSR count). The third-order valence-corrected chi connectivity index (χ3v) is 7.37. The Morgan fingerprint density at radius 2 is 0.882 bits per heavy atom. The van der Waals surface area contributed by atoms with E-state index in [0.29, 0.717) is 0 Å². The second-order valence-electron chi connectivity index (χ2n) is 9.50. The highest BCUT2D eigenvalue weighted by Crippen LogP contribution is 2.26. The van der Waals surface area contributed by atoms with Crippen LogP contribution in [0.1, 0.15) is 103 Å². The van der Waals surface area contributed by atoms with Crippen LogP contribution in [0.4, 0.5) is 0 Å². The van der Waals surface area contributed by atoms with E-state index in [1.165, 1.54) is 89.9 Å². The zero-order valence-electron chi connectivity index (χ0n) is 21.3. The Balaban J connectivity index is 1.95. The van der Waals surface area contributed by atoms with Gasteiger partial charge < -0.3 is 9.13 Å². The summed E-state index contributed by atoms with van der Waals surface area (Å²) in [6.45, 7) is 2.07. The highest BCUT2D eigenvalue weighted by Gasteiger charge is 2.09. The van der Waals surface area contributed by atoms with Gasteiger partial charge in [-0.1, -0.05) is 62.5 Å². The number of aryl methyl sites for hydroxylation is 2. The average molecular weight is 505 g/mol. The van der Waals surface area contributed by atoms with Gasteiger partial charge in [-0.2, -0.15) is 25.3 Å². The Hall–Kier alpha value is -1.14. The number of rotatable bonds is 22. The molecule has 4 nitrogen and oxygen atoms in total. The lowest BCUT2D eigenvalue weighted by Crippen LogP contribution is -2.04. The summed E-state index contributed by atoms with van der Waals surface area (Å²) in [5, 5.41) is 0. The first-order valence-corrected chi connectivity index (χ1v) is 14.9. The van der Waals surface area contributed by atoms with Gasteiger partial charge in [0.2, 0.25) is 0 Å². The van der Waals surface area contributed by atoms with Crippen molar-refractivity contribution in [2.75, 3.05) is 11.5 Å². The Kier molecular flexibility index (Phi) is 17.2. The molecule has 34 heavy (non-hydrogen) atoms. The monoisotopic (exact) mass is 504 g/mol. The highest BCUT2D eigenvalue weighted by atomic mass is 32.1. The van der Waals surface area contributed by atoms with Crippen LogP contribution in [0.15, 0.2) is 48.6 Å². The highest BCUT2D eigenvalue weighted by molar-refractivity contribution is 7.80. The lowest BCUT2D eigenvalue weighted by molar-refractivity contribution is 0.569. The van der Waals surface area contributed by atoms with Crippen LogP contribution in [0, 0.1) is 0 Å². The molecule has 2 aromatic heterocycles. The molecule has 0 radical (unpaired) electrons. The third-order valence-electron chi connectivity index (χ3n) is 6.74. The summed E-state index contributed by atoms with van der Waals surface area (Å²) in [7, 11) is 0. The Morgan fingerprint density at radius 3 is 1.24 bits per heavy atom. The second-order valence-corrected chi connectivity index (χ2v) is 10.4. The number of aromatic nitrogens is 4. The maximum atomic E-state index is 4.34. The van der Waals surface area contributed by atoms with E-state index in [0.717, 1.165) is 37.4 Å². The van der Waals surface area contributed by atoms with E-state index in [2.05, 4.69) is 56.8 Å². The summed E-state index contributed by atoms with van der Waals surface area (Å²) >= 11 is 8.68. The molecule has 6 heteroatoms. The van der Waals surface area contributed by atoms with Crippen molar-refractivity contribution in [3.8, 4) is 0 Å². The standard InChI is InChI=1S/C28H48N4S2/c33-23-11-7-3-1-5-9-13-27(15-19-31-21-17-29-25-31)28(16-20-32-22-18-30-26-32)14-10-6-2-4-8-12-24-34/h17-18,21-22,25-26,33-34H,1-16,19-20,23-24H2. The molecule has 0 aliphatic heterocycles. The molecule has 0 spiro atoms. The van der Waals surface area contributed by atoms with Crippen LogP contribution >= 0.6 is 25.3 Å². The molecule has 0 saturated carbocycles. The van der Waals surface area contributed by atoms with Crippen LogP contribution in [0.5, 0.6) is 0 Å². The van der Waals surface area contributed by atoms with Crippen molar-refractivity contribution < 1.29 is 0 Å². The van der Waals surface area contributed by atoms with Crippen molar-refractivity contribution in [1.82, 2.24) is 19.1 Å². The van der Waals surface area contributed by atoms with E-state index < -0.39 is 0 Å². The first-order chi connectivity index (χ1) is 16.8. The summed E-state index contributed by atoms with van der Waals surface area (Å²) < 4.78 is 4.46. The SMILES string of the molecule is SCCCCCCCCC(CCn1ccnc1)=C(CCCCCCCCS)CCn1ccnc1. The number of imidazole rings is 2. The third kappa shape index (κ3) is 13.7. The van der Waals surface area contributed by atoms with Gasteiger partial charge in [-0.25, -0.2) is 9.97 Å². The molecular weight excluding hydrogens is 456 g/mol. The first-order valence-electron chi connectivity index (χ1n) is 13.7. The molecule has 0 aliphatic carbocycles. The first kappa shape index (κ1) is 29.1. The normalized spacial score (nSPS) is 12.3. The maximum Gasteiger partial charge on any atom is 0.0946 e. The second kappa shape index (κ2) is 20.1. The van der Waals surface area contributed by atoms with E-state index in [1.807, 2.05) is 25.0 Å². The molecule has 0 saturated heterocycles. The molecule has 2 heterocycles. The van der Waals surface area contributed by atoms with Crippen LogP contribution in [0.25, 0.3) is 0 Å². The smallest absolute Gasteiger partial charge is 0.0946 e. The summed E-state index contributed by atoms with van der Waals surface area (Å²) in [6.07, 6.45) is 32.6. The summed E-state index contributed by atoms with van der Waals surface area (Å²) in [6, 6.07) is 0. The predicted octanol–water partition coefficient (Wildman–Crippen LogP) is 8.18. The molecule has 0 amide bonds. The van der Waals surface area contributed by atoms with Crippen LogP contribution in [-0.4, -0.2) is 30.6 Å². The van der Waals surface area contributed by atoms with Gasteiger partial charge in [-0.15, -0.1) is 0 Å². The fraction of sp³-hybridized carbons (Fsp3) is 0.714. The van der Waals surface area contributed by atoms with E-state index >= 15 is 0 Å². The van der Waals surface area contributed by atoms with Crippen LogP contribution < -0.4 is 0 Å². The van der Waals surface area contributed by atoms with Crippen molar-refractivity contribution in [1.29, 1.82) is 0 Å². The number of hydrogen-bond acceptors (Lipinski definition) is 4. The van der Waals surface area contributed by atoms with Gasteiger partial charge in [0, 0.05) is 37.9 Å². The zero-order chi connectivity index (χ0) is 24.1. The van der Waals surface area contributed by atoms with E-state index in [9.17, 15) is 0 Å². The largest absolute Gasteiger partial charge is 0.337 e. The topological polar surface area (TPSA) is 35.6 Å².